The molecule has 0 fully saturated rings. The van der Waals surface area contributed by atoms with Crippen molar-refractivity contribution in [1.29, 1.82) is 0 Å². The highest BCUT2D eigenvalue weighted by atomic mass is 35.5. The number of halogens is 1. The molecule has 0 spiro atoms. The van der Waals surface area contributed by atoms with Gasteiger partial charge >= 0.3 is 0 Å². The summed E-state index contributed by atoms with van der Waals surface area (Å²) >= 11 is 7.25. The lowest BCUT2D eigenvalue weighted by molar-refractivity contribution is -0.122. The molecule has 19 heavy (non-hydrogen) atoms. The maximum atomic E-state index is 12.0. The number of benzene rings is 1. The zero-order valence-electron chi connectivity index (χ0n) is 10.3. The summed E-state index contributed by atoms with van der Waals surface area (Å²) in [5.74, 6) is 0.367. The van der Waals surface area contributed by atoms with Gasteiger partial charge in [0, 0.05) is 16.6 Å². The molecule has 1 amide bonds. The number of rotatable bonds is 5. The molecule has 0 radical (unpaired) electrons. The molecule has 2 rings (SSSR count). The van der Waals surface area contributed by atoms with Crippen LogP contribution in [0.1, 0.15) is 13.3 Å². The lowest BCUT2D eigenvalue weighted by Crippen LogP contribution is -2.32. The summed E-state index contributed by atoms with van der Waals surface area (Å²) < 4.78 is 5.64. The summed E-state index contributed by atoms with van der Waals surface area (Å²) in [5, 5.41) is 5.66. The molecule has 0 bridgehead atoms. The molecule has 1 aromatic heterocycles. The quantitative estimate of drug-likeness (QED) is 0.917. The van der Waals surface area contributed by atoms with Gasteiger partial charge < -0.3 is 4.74 Å². The Balaban J connectivity index is 2.01. The van der Waals surface area contributed by atoms with Crippen molar-refractivity contribution in [2.24, 2.45) is 0 Å². The first-order valence-electron chi connectivity index (χ1n) is 5.81. The largest absolute Gasteiger partial charge is 0.481 e. The van der Waals surface area contributed by atoms with Gasteiger partial charge in [0.1, 0.15) is 5.75 Å². The molecule has 2 aromatic rings. The second-order valence-corrected chi connectivity index (χ2v) is 5.13. The normalized spacial score (nSPS) is 11.9. The van der Waals surface area contributed by atoms with Crippen LogP contribution in [0.5, 0.6) is 5.75 Å². The van der Waals surface area contributed by atoms with E-state index in [9.17, 15) is 4.79 Å². The number of carbonyl (C=O) groups excluding carboxylic acids is 1. The number of hydrogen-bond acceptors (Lipinski definition) is 4. The molecule has 1 aromatic carbocycles. The van der Waals surface area contributed by atoms with Crippen molar-refractivity contribution in [3.05, 3.63) is 40.9 Å². The van der Waals surface area contributed by atoms with Crippen molar-refractivity contribution in [2.75, 3.05) is 5.32 Å². The molecule has 6 heteroatoms. The molecule has 0 saturated heterocycles. The zero-order chi connectivity index (χ0) is 13.7. The Morgan fingerprint density at radius 2 is 2.42 bits per heavy atom. The Kier molecular flexibility index (Phi) is 4.76. The number of nitrogens with zero attached hydrogens (tertiary/aromatic N) is 1. The van der Waals surface area contributed by atoms with E-state index >= 15 is 0 Å². The fraction of sp³-hybridized carbons (Fsp3) is 0.231. The van der Waals surface area contributed by atoms with Crippen LogP contribution in [0.3, 0.4) is 0 Å². The molecule has 0 aliphatic heterocycles. The second kappa shape index (κ2) is 6.54. The summed E-state index contributed by atoms with van der Waals surface area (Å²) in [6.45, 7) is 1.89. The number of thiazole rings is 1. The molecule has 100 valence electrons. The number of ether oxygens (including phenoxy) is 1. The van der Waals surface area contributed by atoms with Crippen molar-refractivity contribution in [2.45, 2.75) is 19.4 Å². The first-order valence-corrected chi connectivity index (χ1v) is 7.07. The van der Waals surface area contributed by atoms with Crippen LogP contribution in [-0.4, -0.2) is 17.0 Å². The van der Waals surface area contributed by atoms with Gasteiger partial charge in [-0.1, -0.05) is 24.6 Å². The Bertz CT molecular complexity index is 545. The molecule has 0 unspecified atom stereocenters. The number of nitrogens with one attached hydrogen (secondary N) is 1. The van der Waals surface area contributed by atoms with E-state index in [-0.39, 0.29) is 5.91 Å². The van der Waals surface area contributed by atoms with Crippen LogP contribution in [0.15, 0.2) is 35.8 Å². The van der Waals surface area contributed by atoms with Crippen LogP contribution >= 0.6 is 22.9 Å². The smallest absolute Gasteiger partial charge is 0.267 e. The van der Waals surface area contributed by atoms with Gasteiger partial charge in [-0.2, -0.15) is 0 Å². The van der Waals surface area contributed by atoms with E-state index in [2.05, 4.69) is 10.3 Å². The molecule has 4 nitrogen and oxygen atoms in total. The van der Waals surface area contributed by atoms with E-state index in [1.807, 2.05) is 6.92 Å². The van der Waals surface area contributed by atoms with E-state index in [0.29, 0.717) is 22.3 Å². The van der Waals surface area contributed by atoms with Crippen molar-refractivity contribution < 1.29 is 9.53 Å². The number of hydrogen-bond donors (Lipinski definition) is 1. The third-order valence-electron chi connectivity index (χ3n) is 2.40. The first kappa shape index (κ1) is 13.8. The zero-order valence-corrected chi connectivity index (χ0v) is 11.9. The average Bonchev–Trinajstić information content (AvgIpc) is 2.88. The van der Waals surface area contributed by atoms with Crippen molar-refractivity contribution >= 4 is 34.0 Å². The fourth-order valence-corrected chi connectivity index (χ4v) is 2.21. The molecular weight excluding hydrogens is 284 g/mol. The van der Waals surface area contributed by atoms with Gasteiger partial charge in [0.05, 0.1) is 0 Å². The van der Waals surface area contributed by atoms with Crippen LogP contribution in [0.2, 0.25) is 5.02 Å². The van der Waals surface area contributed by atoms with Crippen LogP contribution in [0, 0.1) is 0 Å². The summed E-state index contributed by atoms with van der Waals surface area (Å²) in [4.78, 5) is 16.0. The minimum absolute atomic E-state index is 0.211. The summed E-state index contributed by atoms with van der Waals surface area (Å²) in [7, 11) is 0. The Labute approximate surface area is 120 Å². The summed E-state index contributed by atoms with van der Waals surface area (Å²) in [5.41, 5.74) is 0. The fourth-order valence-electron chi connectivity index (χ4n) is 1.50. The van der Waals surface area contributed by atoms with Gasteiger partial charge in [0.2, 0.25) is 0 Å². The highest BCUT2D eigenvalue weighted by Gasteiger charge is 2.19. The molecule has 0 aliphatic carbocycles. The van der Waals surface area contributed by atoms with E-state index in [4.69, 9.17) is 16.3 Å². The third kappa shape index (κ3) is 3.94. The van der Waals surface area contributed by atoms with Crippen molar-refractivity contribution in [3.63, 3.8) is 0 Å². The monoisotopic (exact) mass is 296 g/mol. The van der Waals surface area contributed by atoms with Crippen molar-refractivity contribution in [1.82, 2.24) is 4.98 Å². The van der Waals surface area contributed by atoms with E-state index < -0.39 is 6.10 Å². The second-order valence-electron chi connectivity index (χ2n) is 3.80. The minimum Gasteiger partial charge on any atom is -0.481 e. The maximum Gasteiger partial charge on any atom is 0.267 e. The summed E-state index contributed by atoms with van der Waals surface area (Å²) in [6.07, 6.45) is 1.63. The Morgan fingerprint density at radius 3 is 3.05 bits per heavy atom. The SMILES string of the molecule is CC[C@@H](Oc1cccc(Cl)c1)C(=O)Nc1nccs1. The molecule has 1 heterocycles. The van der Waals surface area contributed by atoms with Crippen LogP contribution in [-0.2, 0) is 4.79 Å². The van der Waals surface area contributed by atoms with Gasteiger partial charge in [0.25, 0.3) is 5.91 Å². The maximum absolute atomic E-state index is 12.0. The lowest BCUT2D eigenvalue weighted by Gasteiger charge is -2.16. The number of aromatic nitrogens is 1. The van der Waals surface area contributed by atoms with Crippen molar-refractivity contribution in [3.8, 4) is 5.75 Å². The van der Waals surface area contributed by atoms with Crippen LogP contribution < -0.4 is 10.1 Å². The van der Waals surface area contributed by atoms with E-state index in [1.165, 1.54) is 11.3 Å². The lowest BCUT2D eigenvalue weighted by atomic mass is 10.2. The highest BCUT2D eigenvalue weighted by molar-refractivity contribution is 7.13. The minimum atomic E-state index is -0.567. The highest BCUT2D eigenvalue weighted by Crippen LogP contribution is 2.20. The Hall–Kier alpha value is -1.59. The third-order valence-corrected chi connectivity index (χ3v) is 3.32. The van der Waals surface area contributed by atoms with Crippen LogP contribution in [0.25, 0.3) is 0 Å². The van der Waals surface area contributed by atoms with Gasteiger partial charge in [-0.05, 0) is 24.6 Å². The predicted octanol–water partition coefficient (Wildman–Crippen LogP) is 3.59. The van der Waals surface area contributed by atoms with Crippen LogP contribution in [0.4, 0.5) is 5.13 Å². The standard InChI is InChI=1S/C13H13ClN2O2S/c1-2-11(12(17)16-13-15-6-7-19-13)18-10-5-3-4-9(14)8-10/h3-8,11H,2H2,1H3,(H,15,16,17)/t11-/m1/s1. The predicted molar refractivity (Wildman–Crippen MR) is 76.9 cm³/mol. The molecule has 0 aliphatic rings. The van der Waals surface area contributed by atoms with E-state index in [1.54, 1.807) is 35.8 Å². The number of carbonyl (C=O) groups is 1. The molecule has 0 saturated carbocycles. The average molecular weight is 297 g/mol. The first-order chi connectivity index (χ1) is 9.19. The Morgan fingerprint density at radius 1 is 1.58 bits per heavy atom. The molecule has 1 N–H and O–H groups in total. The number of anilines is 1. The van der Waals surface area contributed by atoms with Gasteiger partial charge in [-0.15, -0.1) is 11.3 Å². The van der Waals surface area contributed by atoms with Gasteiger partial charge in [-0.25, -0.2) is 4.98 Å². The number of amides is 1. The molecular formula is C13H13ClN2O2S. The summed E-state index contributed by atoms with van der Waals surface area (Å²) in [6, 6.07) is 6.99. The van der Waals surface area contributed by atoms with Gasteiger partial charge in [-0.3, -0.25) is 10.1 Å². The van der Waals surface area contributed by atoms with Gasteiger partial charge in [0.15, 0.2) is 11.2 Å². The van der Waals surface area contributed by atoms with E-state index in [0.717, 1.165) is 0 Å². The topological polar surface area (TPSA) is 51.2 Å². The molecule has 1 atom stereocenters.